The molecule has 0 aliphatic carbocycles. The SMILES string of the molecule is COC(=O)c1cccc2[nH]c(-c3ccccc3)c(-c3c(O)cc(C)oc3=O)c12. The smallest absolute Gasteiger partial charge is 0.347 e. The Kier molecular flexibility index (Phi) is 4.24. The second-order valence-electron chi connectivity index (χ2n) is 6.37. The summed E-state index contributed by atoms with van der Waals surface area (Å²) in [7, 11) is 1.29. The number of benzene rings is 2. The molecule has 2 aromatic heterocycles. The second-order valence-corrected chi connectivity index (χ2v) is 6.37. The molecule has 4 rings (SSSR count). The fourth-order valence-corrected chi connectivity index (χ4v) is 3.43. The van der Waals surface area contributed by atoms with E-state index in [2.05, 4.69) is 4.98 Å². The Morgan fingerprint density at radius 1 is 1.07 bits per heavy atom. The highest BCUT2D eigenvalue weighted by Crippen LogP contribution is 2.41. The lowest BCUT2D eigenvalue weighted by molar-refractivity contribution is 0.0603. The third-order valence-electron chi connectivity index (χ3n) is 4.60. The molecule has 28 heavy (non-hydrogen) atoms. The van der Waals surface area contributed by atoms with E-state index >= 15 is 0 Å². The number of fused-ring (bicyclic) bond motifs is 1. The van der Waals surface area contributed by atoms with Crippen LogP contribution in [0.4, 0.5) is 0 Å². The zero-order valence-electron chi connectivity index (χ0n) is 15.3. The molecular formula is C22H17NO5. The van der Waals surface area contributed by atoms with Crippen LogP contribution in [0.5, 0.6) is 5.75 Å². The van der Waals surface area contributed by atoms with Gasteiger partial charge < -0.3 is 19.2 Å². The van der Waals surface area contributed by atoms with Crippen molar-refractivity contribution in [3.8, 4) is 28.1 Å². The second kappa shape index (κ2) is 6.74. The summed E-state index contributed by atoms with van der Waals surface area (Å²) in [6, 6.07) is 15.9. The van der Waals surface area contributed by atoms with E-state index in [1.165, 1.54) is 13.2 Å². The van der Waals surface area contributed by atoms with E-state index in [0.717, 1.165) is 5.56 Å². The summed E-state index contributed by atoms with van der Waals surface area (Å²) in [5, 5.41) is 11.1. The van der Waals surface area contributed by atoms with Crippen LogP contribution in [0.2, 0.25) is 0 Å². The normalized spacial score (nSPS) is 10.9. The number of ether oxygens (including phenoxy) is 1. The Morgan fingerprint density at radius 2 is 1.82 bits per heavy atom. The van der Waals surface area contributed by atoms with Crippen LogP contribution < -0.4 is 5.63 Å². The average molecular weight is 375 g/mol. The number of aromatic nitrogens is 1. The predicted molar refractivity (Wildman–Crippen MR) is 105 cm³/mol. The molecule has 6 nitrogen and oxygen atoms in total. The van der Waals surface area contributed by atoms with Gasteiger partial charge in [0.1, 0.15) is 17.1 Å². The van der Waals surface area contributed by atoms with Gasteiger partial charge in [0.25, 0.3) is 0 Å². The lowest BCUT2D eigenvalue weighted by Crippen LogP contribution is -2.06. The minimum atomic E-state index is -0.685. The topological polar surface area (TPSA) is 92.5 Å². The molecule has 140 valence electrons. The molecule has 2 N–H and O–H groups in total. The summed E-state index contributed by atoms with van der Waals surface area (Å²) in [6.07, 6.45) is 0. The zero-order valence-corrected chi connectivity index (χ0v) is 15.3. The fraction of sp³-hybridized carbons (Fsp3) is 0.0909. The van der Waals surface area contributed by atoms with Crippen LogP contribution in [0, 0.1) is 6.92 Å². The number of esters is 1. The molecule has 0 unspecified atom stereocenters. The van der Waals surface area contributed by atoms with E-state index < -0.39 is 11.6 Å². The van der Waals surface area contributed by atoms with Crippen molar-refractivity contribution >= 4 is 16.9 Å². The van der Waals surface area contributed by atoms with Crippen molar-refractivity contribution in [2.75, 3.05) is 7.11 Å². The van der Waals surface area contributed by atoms with E-state index in [9.17, 15) is 14.7 Å². The van der Waals surface area contributed by atoms with Crippen molar-refractivity contribution < 1.29 is 19.1 Å². The largest absolute Gasteiger partial charge is 0.507 e. The number of carbonyl (C=O) groups excluding carboxylic acids is 1. The van der Waals surface area contributed by atoms with Crippen LogP contribution in [0.1, 0.15) is 16.1 Å². The van der Waals surface area contributed by atoms with E-state index in [4.69, 9.17) is 9.15 Å². The number of hydrogen-bond acceptors (Lipinski definition) is 5. The van der Waals surface area contributed by atoms with Crippen molar-refractivity contribution in [1.29, 1.82) is 0 Å². The van der Waals surface area contributed by atoms with Crippen molar-refractivity contribution in [3.63, 3.8) is 0 Å². The number of hydrogen-bond donors (Lipinski definition) is 2. The van der Waals surface area contributed by atoms with Crippen LogP contribution in [-0.2, 0) is 4.74 Å². The molecule has 2 aromatic carbocycles. The lowest BCUT2D eigenvalue weighted by atomic mass is 9.96. The number of carbonyl (C=O) groups is 1. The number of methoxy groups -OCH3 is 1. The summed E-state index contributed by atoms with van der Waals surface area (Å²) < 4.78 is 10.1. The molecule has 2 heterocycles. The highest BCUT2D eigenvalue weighted by molar-refractivity contribution is 6.14. The summed E-state index contributed by atoms with van der Waals surface area (Å²) in [4.78, 5) is 28.3. The van der Waals surface area contributed by atoms with Crippen LogP contribution in [0.25, 0.3) is 33.3 Å². The molecule has 0 radical (unpaired) electrons. The van der Waals surface area contributed by atoms with Crippen molar-refractivity contribution in [1.82, 2.24) is 4.98 Å². The summed E-state index contributed by atoms with van der Waals surface area (Å²) in [5.74, 6) is -0.464. The molecule has 0 saturated heterocycles. The predicted octanol–water partition coefficient (Wildman–Crippen LogP) is 4.26. The summed E-state index contributed by atoms with van der Waals surface area (Å²) in [6.45, 7) is 1.58. The number of rotatable bonds is 3. The lowest BCUT2D eigenvalue weighted by Gasteiger charge is -2.09. The maximum Gasteiger partial charge on any atom is 0.347 e. The first-order chi connectivity index (χ1) is 13.5. The number of nitrogens with one attached hydrogen (secondary N) is 1. The van der Waals surface area contributed by atoms with Crippen molar-refractivity contribution in [3.05, 3.63) is 76.3 Å². The molecule has 0 aliphatic rings. The highest BCUT2D eigenvalue weighted by atomic mass is 16.5. The third kappa shape index (κ3) is 2.75. The van der Waals surface area contributed by atoms with Crippen molar-refractivity contribution in [2.45, 2.75) is 6.92 Å². The molecule has 4 aromatic rings. The van der Waals surface area contributed by atoms with Crippen LogP contribution in [0.15, 0.2) is 63.8 Å². The minimum Gasteiger partial charge on any atom is -0.507 e. The summed E-state index contributed by atoms with van der Waals surface area (Å²) in [5.41, 5.74) is 2.02. The molecule has 0 bridgehead atoms. The first kappa shape index (κ1) is 17.6. The van der Waals surface area contributed by atoms with E-state index in [0.29, 0.717) is 27.9 Å². The van der Waals surface area contributed by atoms with Gasteiger partial charge in [0.05, 0.1) is 18.4 Å². The number of aromatic amines is 1. The Hall–Kier alpha value is -3.80. The fourth-order valence-electron chi connectivity index (χ4n) is 3.43. The molecule has 6 heteroatoms. The molecule has 0 spiro atoms. The number of aromatic hydroxyl groups is 1. The first-order valence-electron chi connectivity index (χ1n) is 8.63. The monoisotopic (exact) mass is 375 g/mol. The molecular weight excluding hydrogens is 358 g/mol. The van der Waals surface area contributed by atoms with Crippen LogP contribution in [-0.4, -0.2) is 23.2 Å². The van der Waals surface area contributed by atoms with Gasteiger partial charge in [-0.1, -0.05) is 36.4 Å². The zero-order chi connectivity index (χ0) is 19.8. The maximum absolute atomic E-state index is 12.7. The van der Waals surface area contributed by atoms with Gasteiger partial charge in [-0.25, -0.2) is 9.59 Å². The molecule has 0 saturated carbocycles. The van der Waals surface area contributed by atoms with Crippen LogP contribution in [0.3, 0.4) is 0 Å². The van der Waals surface area contributed by atoms with Gasteiger partial charge in [0, 0.05) is 22.5 Å². The average Bonchev–Trinajstić information content (AvgIpc) is 3.07. The van der Waals surface area contributed by atoms with Crippen LogP contribution >= 0.6 is 0 Å². The first-order valence-corrected chi connectivity index (χ1v) is 8.63. The molecule has 0 atom stereocenters. The van der Waals surface area contributed by atoms with Gasteiger partial charge in [0.15, 0.2) is 0 Å². The van der Waals surface area contributed by atoms with E-state index in [1.807, 2.05) is 30.3 Å². The van der Waals surface area contributed by atoms with Crippen molar-refractivity contribution in [2.24, 2.45) is 0 Å². The van der Waals surface area contributed by atoms with Gasteiger partial charge in [-0.2, -0.15) is 0 Å². The Morgan fingerprint density at radius 3 is 2.50 bits per heavy atom. The van der Waals surface area contributed by atoms with Gasteiger partial charge in [0.2, 0.25) is 0 Å². The van der Waals surface area contributed by atoms with E-state index in [-0.39, 0.29) is 16.9 Å². The Bertz CT molecular complexity index is 1250. The maximum atomic E-state index is 12.7. The molecule has 0 fully saturated rings. The quantitative estimate of drug-likeness (QED) is 0.522. The molecule has 0 aliphatic heterocycles. The highest BCUT2D eigenvalue weighted by Gasteiger charge is 2.25. The van der Waals surface area contributed by atoms with Gasteiger partial charge in [-0.3, -0.25) is 0 Å². The standard InChI is InChI=1S/C22H17NO5/c1-12-11-16(24)18(22(26)28-12)19-17-14(21(25)27-2)9-6-10-15(17)23-20(19)13-7-4-3-5-8-13/h3-11,23-24H,1-2H3. The third-order valence-corrected chi connectivity index (χ3v) is 4.60. The molecule has 0 amide bonds. The van der Waals surface area contributed by atoms with E-state index in [1.54, 1.807) is 25.1 Å². The number of H-pyrrole nitrogens is 1. The van der Waals surface area contributed by atoms with Gasteiger partial charge >= 0.3 is 11.6 Å². The van der Waals surface area contributed by atoms with Gasteiger partial charge in [-0.15, -0.1) is 0 Å². The summed E-state index contributed by atoms with van der Waals surface area (Å²) >= 11 is 0. The Balaban J connectivity index is 2.19. The number of aryl methyl sites for hydroxylation is 1. The Labute approximate surface area is 160 Å². The van der Waals surface area contributed by atoms with Gasteiger partial charge in [-0.05, 0) is 24.6 Å². The minimum absolute atomic E-state index is 0.00736.